The Morgan fingerprint density at radius 3 is 2.97 bits per heavy atom. The maximum Gasteiger partial charge on any atom is 0.274 e. The summed E-state index contributed by atoms with van der Waals surface area (Å²) in [6.07, 6.45) is 5.43. The molecule has 0 radical (unpaired) electrons. The highest BCUT2D eigenvalue weighted by molar-refractivity contribution is 5.92. The van der Waals surface area contributed by atoms with E-state index in [0.717, 1.165) is 45.6 Å². The van der Waals surface area contributed by atoms with Crippen molar-refractivity contribution in [2.75, 3.05) is 39.5 Å². The Balaban J connectivity index is 1.22. The maximum absolute atomic E-state index is 12.6. The van der Waals surface area contributed by atoms with E-state index < -0.39 is 0 Å². The molecule has 0 aromatic carbocycles. The van der Waals surface area contributed by atoms with Crippen LogP contribution in [0.25, 0.3) is 0 Å². The second-order valence-electron chi connectivity index (χ2n) is 7.72. The first-order chi connectivity index (χ1) is 14.2. The Morgan fingerprint density at radius 2 is 2.17 bits per heavy atom. The number of hydrogen-bond donors (Lipinski definition) is 0. The summed E-state index contributed by atoms with van der Waals surface area (Å²) in [5.41, 5.74) is 0.486. The van der Waals surface area contributed by atoms with Gasteiger partial charge in [0.15, 0.2) is 5.82 Å². The van der Waals surface area contributed by atoms with Gasteiger partial charge in [0.05, 0.1) is 12.5 Å². The Labute approximate surface area is 170 Å². The predicted molar refractivity (Wildman–Crippen MR) is 104 cm³/mol. The molecule has 2 saturated heterocycles. The van der Waals surface area contributed by atoms with Crippen LogP contribution in [0.15, 0.2) is 16.8 Å². The van der Waals surface area contributed by atoms with Gasteiger partial charge in [-0.15, -0.1) is 0 Å². The molecular weight excluding hydrogens is 374 g/mol. The van der Waals surface area contributed by atoms with Gasteiger partial charge in [-0.2, -0.15) is 10.1 Å². The lowest BCUT2D eigenvalue weighted by molar-refractivity contribution is 0.0211. The van der Waals surface area contributed by atoms with Crippen LogP contribution < -0.4 is 0 Å². The lowest BCUT2D eigenvalue weighted by atomic mass is 10.0. The second-order valence-corrected chi connectivity index (χ2v) is 7.72. The van der Waals surface area contributed by atoms with Crippen LogP contribution >= 0.6 is 0 Å². The number of ether oxygens (including phenoxy) is 2. The van der Waals surface area contributed by atoms with Crippen LogP contribution in [-0.2, 0) is 22.4 Å². The van der Waals surface area contributed by atoms with E-state index in [1.165, 1.54) is 0 Å². The van der Waals surface area contributed by atoms with E-state index in [2.05, 4.69) is 15.2 Å². The van der Waals surface area contributed by atoms with Gasteiger partial charge in [-0.3, -0.25) is 9.48 Å². The van der Waals surface area contributed by atoms with Gasteiger partial charge in [0, 0.05) is 52.1 Å². The molecule has 1 amide bonds. The van der Waals surface area contributed by atoms with E-state index >= 15 is 0 Å². The van der Waals surface area contributed by atoms with Crippen LogP contribution in [0, 0.1) is 5.92 Å². The number of rotatable bonds is 8. The standard InChI is InChI=1S/C20H29N5O4/c1-2-25-9-4-17(22-25)20(26)24-8-3-16(13-24)19-21-18(23-29-19)7-12-28-14-15-5-10-27-11-6-15/h4,9,15-16H,2-3,5-8,10-14H2,1H3. The lowest BCUT2D eigenvalue weighted by Crippen LogP contribution is -2.29. The van der Waals surface area contributed by atoms with Crippen LogP contribution in [0.1, 0.15) is 54.3 Å². The summed E-state index contributed by atoms with van der Waals surface area (Å²) >= 11 is 0. The van der Waals surface area contributed by atoms with Gasteiger partial charge >= 0.3 is 0 Å². The molecule has 0 N–H and O–H groups in total. The van der Waals surface area contributed by atoms with Crippen LogP contribution in [0.2, 0.25) is 0 Å². The first kappa shape index (κ1) is 20.0. The number of hydrogen-bond acceptors (Lipinski definition) is 7. The minimum absolute atomic E-state index is 0.0408. The van der Waals surface area contributed by atoms with Crippen molar-refractivity contribution >= 4 is 5.91 Å². The molecule has 2 aliphatic rings. The van der Waals surface area contributed by atoms with Crippen molar-refractivity contribution in [1.29, 1.82) is 0 Å². The van der Waals surface area contributed by atoms with Crippen molar-refractivity contribution in [2.24, 2.45) is 5.92 Å². The molecule has 0 aliphatic carbocycles. The molecule has 2 aromatic heterocycles. The highest BCUT2D eigenvalue weighted by atomic mass is 16.5. The third-order valence-corrected chi connectivity index (χ3v) is 5.66. The van der Waals surface area contributed by atoms with Crippen LogP contribution in [0.5, 0.6) is 0 Å². The maximum atomic E-state index is 12.6. The molecule has 9 nitrogen and oxygen atoms in total. The topological polar surface area (TPSA) is 95.5 Å². The molecule has 4 heterocycles. The van der Waals surface area contributed by atoms with Crippen molar-refractivity contribution in [1.82, 2.24) is 24.8 Å². The quantitative estimate of drug-likeness (QED) is 0.621. The molecule has 2 aromatic rings. The van der Waals surface area contributed by atoms with E-state index in [1.807, 2.05) is 18.0 Å². The zero-order valence-electron chi connectivity index (χ0n) is 17.0. The molecule has 2 aliphatic heterocycles. The summed E-state index contributed by atoms with van der Waals surface area (Å²) in [5.74, 6) is 1.91. The van der Waals surface area contributed by atoms with Gasteiger partial charge in [0.1, 0.15) is 5.69 Å². The summed E-state index contributed by atoms with van der Waals surface area (Å²) in [5, 5.41) is 8.39. The summed E-state index contributed by atoms with van der Waals surface area (Å²) in [7, 11) is 0. The average Bonchev–Trinajstić information content (AvgIpc) is 3.51. The summed E-state index contributed by atoms with van der Waals surface area (Å²) in [6, 6.07) is 1.77. The minimum atomic E-state index is -0.0408. The van der Waals surface area contributed by atoms with Gasteiger partial charge in [0.25, 0.3) is 5.91 Å². The summed E-state index contributed by atoms with van der Waals surface area (Å²) in [4.78, 5) is 19.0. The molecule has 29 heavy (non-hydrogen) atoms. The Bertz CT molecular complexity index is 798. The molecule has 9 heteroatoms. The van der Waals surface area contributed by atoms with Crippen LogP contribution in [0.4, 0.5) is 0 Å². The molecular formula is C20H29N5O4. The minimum Gasteiger partial charge on any atom is -0.381 e. The molecule has 1 unspecified atom stereocenters. The monoisotopic (exact) mass is 403 g/mol. The molecule has 0 saturated carbocycles. The van der Waals surface area contributed by atoms with Gasteiger partial charge in [-0.1, -0.05) is 5.16 Å². The molecule has 2 fully saturated rings. The van der Waals surface area contributed by atoms with Crippen molar-refractivity contribution < 1.29 is 18.8 Å². The number of aryl methyl sites for hydroxylation is 1. The first-order valence-corrected chi connectivity index (χ1v) is 10.5. The normalized spacial score (nSPS) is 20.4. The molecule has 158 valence electrons. The van der Waals surface area contributed by atoms with E-state index in [0.29, 0.717) is 49.4 Å². The SMILES string of the molecule is CCn1ccc(C(=O)N2CCC(c3nc(CCOCC4CCOCC4)no3)C2)n1. The van der Waals surface area contributed by atoms with Gasteiger partial charge < -0.3 is 18.9 Å². The Kier molecular flexibility index (Phi) is 6.56. The van der Waals surface area contributed by atoms with Crippen molar-refractivity contribution in [3.63, 3.8) is 0 Å². The molecule has 4 rings (SSSR count). The van der Waals surface area contributed by atoms with Crippen molar-refractivity contribution in [3.05, 3.63) is 29.7 Å². The van der Waals surface area contributed by atoms with Gasteiger partial charge in [-0.25, -0.2) is 0 Å². The van der Waals surface area contributed by atoms with Crippen LogP contribution in [0.3, 0.4) is 0 Å². The van der Waals surface area contributed by atoms with Crippen molar-refractivity contribution in [2.45, 2.75) is 45.1 Å². The van der Waals surface area contributed by atoms with E-state index in [4.69, 9.17) is 14.0 Å². The zero-order valence-corrected chi connectivity index (χ0v) is 17.0. The number of amides is 1. The zero-order chi connectivity index (χ0) is 20.1. The van der Waals surface area contributed by atoms with E-state index in [9.17, 15) is 4.79 Å². The fraction of sp³-hybridized carbons (Fsp3) is 0.700. The average molecular weight is 403 g/mol. The highest BCUT2D eigenvalue weighted by Crippen LogP contribution is 2.27. The summed E-state index contributed by atoms with van der Waals surface area (Å²) < 4.78 is 18.4. The Morgan fingerprint density at radius 1 is 1.31 bits per heavy atom. The fourth-order valence-electron chi connectivity index (χ4n) is 3.82. The van der Waals surface area contributed by atoms with Gasteiger partial charge in [0.2, 0.25) is 5.89 Å². The largest absolute Gasteiger partial charge is 0.381 e. The number of carbonyl (C=O) groups excluding carboxylic acids is 1. The highest BCUT2D eigenvalue weighted by Gasteiger charge is 2.32. The van der Waals surface area contributed by atoms with E-state index in [-0.39, 0.29) is 11.8 Å². The Hall–Kier alpha value is -2.26. The number of aromatic nitrogens is 4. The molecule has 0 spiro atoms. The summed E-state index contributed by atoms with van der Waals surface area (Å²) in [6.45, 7) is 7.03. The third-order valence-electron chi connectivity index (χ3n) is 5.66. The number of carbonyl (C=O) groups is 1. The lowest BCUT2D eigenvalue weighted by Gasteiger charge is -2.21. The number of likely N-dealkylation sites (tertiary alicyclic amines) is 1. The fourth-order valence-corrected chi connectivity index (χ4v) is 3.82. The van der Waals surface area contributed by atoms with E-state index in [1.54, 1.807) is 10.7 Å². The van der Waals surface area contributed by atoms with Crippen LogP contribution in [-0.4, -0.2) is 70.2 Å². The third kappa shape index (κ3) is 5.02. The smallest absolute Gasteiger partial charge is 0.274 e. The van der Waals surface area contributed by atoms with Gasteiger partial charge in [-0.05, 0) is 38.2 Å². The van der Waals surface area contributed by atoms with Crippen molar-refractivity contribution in [3.8, 4) is 0 Å². The second kappa shape index (κ2) is 9.49. The molecule has 0 bridgehead atoms. The molecule has 1 atom stereocenters. The number of nitrogens with zero attached hydrogens (tertiary/aromatic N) is 5. The predicted octanol–water partition coefficient (Wildman–Crippen LogP) is 1.90. The first-order valence-electron chi connectivity index (χ1n) is 10.5.